The molecule has 0 radical (unpaired) electrons. The lowest BCUT2D eigenvalue weighted by molar-refractivity contribution is 0.125. The quantitative estimate of drug-likeness (QED) is 0.581. The fourth-order valence-corrected chi connectivity index (χ4v) is 1.53. The molecule has 2 aliphatic carbocycles. The molecule has 76 valence electrons. The number of rotatable bonds is 8. The van der Waals surface area contributed by atoms with E-state index in [1.165, 1.54) is 38.5 Å². The van der Waals surface area contributed by atoms with Crippen LogP contribution in [0.3, 0.4) is 0 Å². The average molecular weight is 183 g/mol. The second-order valence-electron chi connectivity index (χ2n) is 4.43. The maximum atomic E-state index is 5.55. The summed E-state index contributed by atoms with van der Waals surface area (Å²) in [6.07, 6.45) is 8.17. The van der Waals surface area contributed by atoms with Gasteiger partial charge < -0.3 is 10.1 Å². The van der Waals surface area contributed by atoms with E-state index >= 15 is 0 Å². The Morgan fingerprint density at radius 3 is 2.62 bits per heavy atom. The summed E-state index contributed by atoms with van der Waals surface area (Å²) in [6.45, 7) is 3.09. The summed E-state index contributed by atoms with van der Waals surface area (Å²) < 4.78 is 5.55. The van der Waals surface area contributed by atoms with Gasteiger partial charge in [-0.1, -0.05) is 12.8 Å². The lowest BCUT2D eigenvalue weighted by atomic mass is 10.3. The van der Waals surface area contributed by atoms with Crippen molar-refractivity contribution in [3.63, 3.8) is 0 Å². The number of ether oxygens (including phenoxy) is 1. The average Bonchev–Trinajstić information content (AvgIpc) is 2.99. The lowest BCUT2D eigenvalue weighted by Gasteiger charge is -2.04. The van der Waals surface area contributed by atoms with E-state index in [0.717, 1.165) is 31.7 Å². The first kappa shape index (κ1) is 9.47. The van der Waals surface area contributed by atoms with Gasteiger partial charge in [0, 0.05) is 19.3 Å². The first-order chi connectivity index (χ1) is 6.45. The van der Waals surface area contributed by atoms with Gasteiger partial charge in [-0.15, -0.1) is 0 Å². The molecule has 2 rings (SSSR count). The van der Waals surface area contributed by atoms with E-state index in [1.54, 1.807) is 0 Å². The second-order valence-corrected chi connectivity index (χ2v) is 4.43. The molecule has 1 N–H and O–H groups in total. The minimum absolute atomic E-state index is 0.853. The molecule has 0 heterocycles. The minimum atomic E-state index is 0.853. The second kappa shape index (κ2) is 4.97. The summed E-state index contributed by atoms with van der Waals surface area (Å²) in [5.74, 6) is 1.02. The van der Waals surface area contributed by atoms with Gasteiger partial charge in [-0.05, 0) is 38.1 Å². The first-order valence-electron chi connectivity index (χ1n) is 5.76. The molecule has 13 heavy (non-hydrogen) atoms. The van der Waals surface area contributed by atoms with Crippen LogP contribution < -0.4 is 5.32 Å². The van der Waals surface area contributed by atoms with Crippen LogP contribution in [0.4, 0.5) is 0 Å². The molecule has 0 atom stereocenters. The fourth-order valence-electron chi connectivity index (χ4n) is 1.53. The van der Waals surface area contributed by atoms with Crippen LogP contribution in [0.15, 0.2) is 0 Å². The van der Waals surface area contributed by atoms with Crippen LogP contribution >= 0.6 is 0 Å². The van der Waals surface area contributed by atoms with Gasteiger partial charge in [0.05, 0.1) is 0 Å². The number of hydrogen-bond acceptors (Lipinski definition) is 2. The highest BCUT2D eigenvalue weighted by Crippen LogP contribution is 2.32. The SMILES string of the molecule is C(CNC1CC1)COCCC1CC1. The molecule has 2 saturated carbocycles. The molecule has 0 saturated heterocycles. The van der Waals surface area contributed by atoms with Crippen molar-refractivity contribution in [2.45, 2.75) is 44.6 Å². The van der Waals surface area contributed by atoms with E-state index in [1.807, 2.05) is 0 Å². The van der Waals surface area contributed by atoms with E-state index in [2.05, 4.69) is 5.32 Å². The minimum Gasteiger partial charge on any atom is -0.381 e. The van der Waals surface area contributed by atoms with Gasteiger partial charge in [-0.3, -0.25) is 0 Å². The van der Waals surface area contributed by atoms with Crippen LogP contribution in [0.25, 0.3) is 0 Å². The van der Waals surface area contributed by atoms with Gasteiger partial charge in [0.15, 0.2) is 0 Å². The molecule has 0 aromatic heterocycles. The van der Waals surface area contributed by atoms with E-state index in [-0.39, 0.29) is 0 Å². The molecule has 0 bridgehead atoms. The lowest BCUT2D eigenvalue weighted by Crippen LogP contribution is -2.18. The Labute approximate surface area is 81.0 Å². The molecule has 0 aromatic rings. The summed E-state index contributed by atoms with van der Waals surface area (Å²) in [5.41, 5.74) is 0. The summed E-state index contributed by atoms with van der Waals surface area (Å²) >= 11 is 0. The van der Waals surface area contributed by atoms with Crippen LogP contribution in [0.1, 0.15) is 38.5 Å². The Kier molecular flexibility index (Phi) is 3.62. The molecule has 0 aromatic carbocycles. The third kappa shape index (κ3) is 4.63. The van der Waals surface area contributed by atoms with Crippen molar-refractivity contribution in [1.82, 2.24) is 5.32 Å². The van der Waals surface area contributed by atoms with E-state index < -0.39 is 0 Å². The molecule has 2 heteroatoms. The predicted molar refractivity (Wildman–Crippen MR) is 53.8 cm³/mol. The van der Waals surface area contributed by atoms with E-state index in [9.17, 15) is 0 Å². The van der Waals surface area contributed by atoms with Crippen molar-refractivity contribution in [1.29, 1.82) is 0 Å². The highest BCUT2D eigenvalue weighted by Gasteiger charge is 2.20. The molecule has 2 fully saturated rings. The summed E-state index contributed by atoms with van der Waals surface area (Å²) in [6, 6.07) is 0.853. The zero-order valence-electron chi connectivity index (χ0n) is 8.43. The highest BCUT2D eigenvalue weighted by molar-refractivity contribution is 4.80. The highest BCUT2D eigenvalue weighted by atomic mass is 16.5. The molecule has 2 nitrogen and oxygen atoms in total. The van der Waals surface area contributed by atoms with Crippen molar-refractivity contribution in [3.8, 4) is 0 Å². The normalized spacial score (nSPS) is 22.2. The van der Waals surface area contributed by atoms with Crippen LogP contribution in [-0.2, 0) is 4.74 Å². The topological polar surface area (TPSA) is 21.3 Å². The van der Waals surface area contributed by atoms with Gasteiger partial charge >= 0.3 is 0 Å². The van der Waals surface area contributed by atoms with E-state index in [4.69, 9.17) is 4.74 Å². The fraction of sp³-hybridized carbons (Fsp3) is 1.00. The molecular formula is C11H21NO. The number of nitrogens with one attached hydrogen (secondary N) is 1. The molecular weight excluding hydrogens is 162 g/mol. The zero-order chi connectivity index (χ0) is 8.93. The van der Waals surface area contributed by atoms with Crippen LogP contribution in [0.2, 0.25) is 0 Å². The van der Waals surface area contributed by atoms with Gasteiger partial charge in [0.25, 0.3) is 0 Å². The largest absolute Gasteiger partial charge is 0.381 e. The van der Waals surface area contributed by atoms with Crippen molar-refractivity contribution >= 4 is 0 Å². The Morgan fingerprint density at radius 1 is 1.08 bits per heavy atom. The predicted octanol–water partition coefficient (Wildman–Crippen LogP) is 1.95. The zero-order valence-corrected chi connectivity index (χ0v) is 8.43. The molecule has 0 unspecified atom stereocenters. The standard InChI is InChI=1S/C11H21NO/c1(7-12-11-4-5-11)8-13-9-6-10-2-3-10/h10-12H,1-9H2. The first-order valence-corrected chi connectivity index (χ1v) is 5.76. The van der Waals surface area contributed by atoms with E-state index in [0.29, 0.717) is 0 Å². The van der Waals surface area contributed by atoms with Gasteiger partial charge in [-0.25, -0.2) is 0 Å². The van der Waals surface area contributed by atoms with Gasteiger partial charge in [0.1, 0.15) is 0 Å². The van der Waals surface area contributed by atoms with Crippen molar-refractivity contribution < 1.29 is 4.74 Å². The molecule has 0 spiro atoms. The Balaban J connectivity index is 1.28. The molecule has 0 amide bonds. The van der Waals surface area contributed by atoms with Crippen LogP contribution in [-0.4, -0.2) is 25.8 Å². The van der Waals surface area contributed by atoms with Crippen LogP contribution in [0, 0.1) is 5.92 Å². The molecule has 0 aliphatic heterocycles. The Morgan fingerprint density at radius 2 is 1.92 bits per heavy atom. The van der Waals surface area contributed by atoms with Crippen molar-refractivity contribution in [2.75, 3.05) is 19.8 Å². The summed E-state index contributed by atoms with van der Waals surface area (Å²) in [4.78, 5) is 0. The van der Waals surface area contributed by atoms with Crippen molar-refractivity contribution in [3.05, 3.63) is 0 Å². The monoisotopic (exact) mass is 183 g/mol. The Hall–Kier alpha value is -0.0800. The smallest absolute Gasteiger partial charge is 0.0478 e. The number of hydrogen-bond donors (Lipinski definition) is 1. The Bertz CT molecular complexity index is 125. The van der Waals surface area contributed by atoms with Gasteiger partial charge in [-0.2, -0.15) is 0 Å². The van der Waals surface area contributed by atoms with Crippen LogP contribution in [0.5, 0.6) is 0 Å². The van der Waals surface area contributed by atoms with Crippen molar-refractivity contribution in [2.24, 2.45) is 5.92 Å². The molecule has 2 aliphatic rings. The maximum Gasteiger partial charge on any atom is 0.0478 e. The van der Waals surface area contributed by atoms with Gasteiger partial charge in [0.2, 0.25) is 0 Å². The summed E-state index contributed by atoms with van der Waals surface area (Å²) in [7, 11) is 0. The maximum absolute atomic E-state index is 5.55. The summed E-state index contributed by atoms with van der Waals surface area (Å²) in [5, 5.41) is 3.49. The third-order valence-electron chi connectivity index (χ3n) is 2.84. The third-order valence-corrected chi connectivity index (χ3v) is 2.84.